The number of H-pyrrole nitrogens is 1. The van der Waals surface area contributed by atoms with Gasteiger partial charge in [-0.3, -0.25) is 14.8 Å². The Bertz CT molecular complexity index is 721. The highest BCUT2D eigenvalue weighted by atomic mass is 16.5. The van der Waals surface area contributed by atoms with Crippen LogP contribution >= 0.6 is 0 Å². The van der Waals surface area contributed by atoms with E-state index < -0.39 is 0 Å². The van der Waals surface area contributed by atoms with Crippen LogP contribution in [0.1, 0.15) is 42.5 Å². The number of carbonyl (C=O) groups is 1. The minimum absolute atomic E-state index is 0.0395. The summed E-state index contributed by atoms with van der Waals surface area (Å²) in [6.07, 6.45) is 0.845. The molecule has 0 aliphatic carbocycles. The molecule has 0 radical (unpaired) electrons. The average Bonchev–Trinajstić information content (AvgIpc) is 2.92. The summed E-state index contributed by atoms with van der Waals surface area (Å²) in [5, 5.41) is 7.18. The molecule has 1 unspecified atom stereocenters. The number of rotatable bonds is 3. The van der Waals surface area contributed by atoms with Crippen molar-refractivity contribution in [2.75, 3.05) is 11.4 Å². The summed E-state index contributed by atoms with van der Waals surface area (Å²) in [5.74, 6) is 1.19. The second-order valence-corrected chi connectivity index (χ2v) is 6.69. The molecule has 1 N–H and O–H groups in total. The van der Waals surface area contributed by atoms with E-state index in [0.29, 0.717) is 18.2 Å². The highest BCUT2D eigenvalue weighted by Crippen LogP contribution is 2.35. The van der Waals surface area contributed by atoms with Crippen LogP contribution in [0.4, 0.5) is 5.69 Å². The maximum absolute atomic E-state index is 12.9. The molecule has 0 spiro atoms. The lowest BCUT2D eigenvalue weighted by molar-refractivity contribution is 0.0956. The van der Waals surface area contributed by atoms with E-state index >= 15 is 0 Å². The van der Waals surface area contributed by atoms with Gasteiger partial charge >= 0.3 is 0 Å². The first kappa shape index (κ1) is 15.6. The van der Waals surface area contributed by atoms with Crippen LogP contribution in [-0.2, 0) is 6.42 Å². The number of aromatic nitrogens is 2. The molecule has 2 aromatic rings. The van der Waals surface area contributed by atoms with E-state index in [9.17, 15) is 4.79 Å². The van der Waals surface area contributed by atoms with E-state index in [4.69, 9.17) is 4.74 Å². The second kappa shape index (κ2) is 6.07. The fourth-order valence-electron chi connectivity index (χ4n) is 2.89. The number of carbonyl (C=O) groups excluding carboxylic acids is 1. The van der Waals surface area contributed by atoms with Crippen LogP contribution in [-0.4, -0.2) is 28.8 Å². The normalized spacial score (nSPS) is 17.1. The highest BCUT2D eigenvalue weighted by Gasteiger charge is 2.29. The summed E-state index contributed by atoms with van der Waals surface area (Å²) in [7, 11) is 0. The first-order valence-electron chi connectivity index (χ1n) is 8.07. The van der Waals surface area contributed by atoms with Crippen molar-refractivity contribution < 1.29 is 9.53 Å². The van der Waals surface area contributed by atoms with Gasteiger partial charge in [0.05, 0.1) is 12.2 Å². The van der Waals surface area contributed by atoms with Crippen LogP contribution < -0.4 is 9.64 Å². The van der Waals surface area contributed by atoms with Crippen LogP contribution in [0, 0.1) is 12.8 Å². The lowest BCUT2D eigenvalue weighted by atomic mass is 10.1. The van der Waals surface area contributed by atoms with Crippen molar-refractivity contribution >= 4 is 11.6 Å². The lowest BCUT2D eigenvalue weighted by Gasteiger charge is -2.33. The van der Waals surface area contributed by atoms with Crippen LogP contribution in [0.3, 0.4) is 0 Å². The van der Waals surface area contributed by atoms with Gasteiger partial charge in [-0.1, -0.05) is 19.9 Å². The number of anilines is 1. The number of amides is 1. The van der Waals surface area contributed by atoms with Crippen LogP contribution in [0.25, 0.3) is 0 Å². The average molecular weight is 313 g/mol. The molecule has 1 aromatic carbocycles. The topological polar surface area (TPSA) is 58.2 Å². The van der Waals surface area contributed by atoms with Crippen molar-refractivity contribution in [1.29, 1.82) is 0 Å². The minimum atomic E-state index is -0.0866. The third-order valence-electron chi connectivity index (χ3n) is 3.90. The number of benzene rings is 1. The Kier molecular flexibility index (Phi) is 4.11. The molecule has 1 aromatic heterocycles. The summed E-state index contributed by atoms with van der Waals surface area (Å²) >= 11 is 0. The molecule has 5 nitrogen and oxygen atoms in total. The SMILES string of the molecule is Cc1ccc2c(c1)OC(C)CN2C(=O)c1cc(CC(C)C)[nH]n1. The Hall–Kier alpha value is -2.30. The van der Waals surface area contributed by atoms with E-state index in [1.165, 1.54) is 0 Å². The van der Waals surface area contributed by atoms with Crippen molar-refractivity contribution in [3.05, 3.63) is 41.2 Å². The summed E-state index contributed by atoms with van der Waals surface area (Å²) in [5.41, 5.74) is 3.38. The molecule has 1 atom stereocenters. The molecule has 122 valence electrons. The quantitative estimate of drug-likeness (QED) is 0.945. The fraction of sp³-hybridized carbons (Fsp3) is 0.444. The Balaban J connectivity index is 1.89. The lowest BCUT2D eigenvalue weighted by Crippen LogP contribution is -2.42. The van der Waals surface area contributed by atoms with E-state index in [0.717, 1.165) is 29.1 Å². The molecule has 0 saturated heterocycles. The van der Waals surface area contributed by atoms with E-state index in [1.807, 2.05) is 38.1 Å². The second-order valence-electron chi connectivity index (χ2n) is 6.69. The fourth-order valence-corrected chi connectivity index (χ4v) is 2.89. The Morgan fingerprint density at radius 1 is 1.43 bits per heavy atom. The number of fused-ring (bicyclic) bond motifs is 1. The van der Waals surface area contributed by atoms with Gasteiger partial charge < -0.3 is 4.74 Å². The summed E-state index contributed by atoms with van der Waals surface area (Å²) in [6, 6.07) is 7.76. The molecule has 0 fully saturated rings. The van der Waals surface area contributed by atoms with Crippen molar-refractivity contribution in [1.82, 2.24) is 10.2 Å². The predicted octanol–water partition coefficient (Wildman–Crippen LogP) is 3.34. The Labute approximate surface area is 136 Å². The molecule has 0 bridgehead atoms. The number of nitrogens with one attached hydrogen (secondary N) is 1. The number of hydrogen-bond donors (Lipinski definition) is 1. The first-order valence-corrected chi connectivity index (χ1v) is 8.07. The zero-order valence-electron chi connectivity index (χ0n) is 14.1. The molecule has 1 amide bonds. The molecule has 5 heteroatoms. The van der Waals surface area contributed by atoms with Gasteiger partial charge in [-0.2, -0.15) is 5.10 Å². The van der Waals surface area contributed by atoms with Gasteiger partial charge in [-0.05, 0) is 49.9 Å². The number of ether oxygens (including phenoxy) is 1. The van der Waals surface area contributed by atoms with Gasteiger partial charge in [-0.25, -0.2) is 0 Å². The van der Waals surface area contributed by atoms with E-state index in [1.54, 1.807) is 4.90 Å². The van der Waals surface area contributed by atoms with Crippen LogP contribution in [0.2, 0.25) is 0 Å². The zero-order chi connectivity index (χ0) is 16.6. The van der Waals surface area contributed by atoms with E-state index in [2.05, 4.69) is 24.0 Å². The van der Waals surface area contributed by atoms with Crippen molar-refractivity contribution in [3.63, 3.8) is 0 Å². The third-order valence-corrected chi connectivity index (χ3v) is 3.90. The van der Waals surface area contributed by atoms with Gasteiger partial charge in [-0.15, -0.1) is 0 Å². The highest BCUT2D eigenvalue weighted by molar-refractivity contribution is 6.06. The molecule has 23 heavy (non-hydrogen) atoms. The van der Waals surface area contributed by atoms with Gasteiger partial charge in [0.1, 0.15) is 11.9 Å². The maximum Gasteiger partial charge on any atom is 0.279 e. The van der Waals surface area contributed by atoms with Gasteiger partial charge in [0.15, 0.2) is 5.69 Å². The third kappa shape index (κ3) is 3.23. The number of aryl methyl sites for hydroxylation is 1. The Morgan fingerprint density at radius 3 is 2.96 bits per heavy atom. The van der Waals surface area contributed by atoms with Crippen molar-refractivity contribution in [2.24, 2.45) is 5.92 Å². The Morgan fingerprint density at radius 2 is 2.22 bits per heavy atom. The van der Waals surface area contributed by atoms with Gasteiger partial charge in [0, 0.05) is 5.69 Å². The zero-order valence-corrected chi connectivity index (χ0v) is 14.1. The van der Waals surface area contributed by atoms with E-state index in [-0.39, 0.29) is 12.0 Å². The monoisotopic (exact) mass is 313 g/mol. The van der Waals surface area contributed by atoms with Crippen molar-refractivity contribution in [3.8, 4) is 5.75 Å². The number of hydrogen-bond acceptors (Lipinski definition) is 3. The summed E-state index contributed by atoms with van der Waals surface area (Å²) in [6.45, 7) is 8.80. The van der Waals surface area contributed by atoms with Crippen LogP contribution in [0.15, 0.2) is 24.3 Å². The van der Waals surface area contributed by atoms with Gasteiger partial charge in [0.2, 0.25) is 0 Å². The standard InChI is InChI=1S/C18H23N3O2/c1-11(2)7-14-9-15(20-19-14)18(22)21-10-13(4)23-17-8-12(3)5-6-16(17)21/h5-6,8-9,11,13H,7,10H2,1-4H3,(H,19,20). The summed E-state index contributed by atoms with van der Waals surface area (Å²) < 4.78 is 5.86. The smallest absolute Gasteiger partial charge is 0.279 e. The maximum atomic E-state index is 12.9. The molecule has 1 aliphatic heterocycles. The number of aromatic amines is 1. The number of nitrogens with zero attached hydrogens (tertiary/aromatic N) is 2. The summed E-state index contributed by atoms with van der Waals surface area (Å²) in [4.78, 5) is 14.6. The molecular formula is C18H23N3O2. The largest absolute Gasteiger partial charge is 0.487 e. The molecule has 2 heterocycles. The molecule has 0 saturated carbocycles. The van der Waals surface area contributed by atoms with Crippen LogP contribution in [0.5, 0.6) is 5.75 Å². The predicted molar refractivity (Wildman–Crippen MR) is 90.1 cm³/mol. The van der Waals surface area contributed by atoms with Gasteiger partial charge in [0.25, 0.3) is 5.91 Å². The molecular weight excluding hydrogens is 290 g/mol. The minimum Gasteiger partial charge on any atom is -0.487 e. The molecule has 3 rings (SSSR count). The first-order chi connectivity index (χ1) is 10.9. The van der Waals surface area contributed by atoms with Crippen molar-refractivity contribution in [2.45, 2.75) is 40.2 Å². The molecule has 1 aliphatic rings.